The number of nitrogens with one attached hydrogen (secondary N) is 1. The van der Waals surface area contributed by atoms with Crippen LogP contribution in [0.2, 0.25) is 5.02 Å². The Morgan fingerprint density at radius 2 is 2.21 bits per heavy atom. The van der Waals surface area contributed by atoms with E-state index >= 15 is 0 Å². The number of hydrogen-bond donors (Lipinski definition) is 1. The van der Waals surface area contributed by atoms with Crippen LogP contribution in [0.15, 0.2) is 30.6 Å². The van der Waals surface area contributed by atoms with Gasteiger partial charge < -0.3 is 10.1 Å². The number of nitrogens with zero attached hydrogens (tertiary/aromatic N) is 3. The second kappa shape index (κ2) is 5.49. The molecule has 1 heterocycles. The van der Waals surface area contributed by atoms with Crippen molar-refractivity contribution >= 4 is 23.1 Å². The fraction of sp³-hybridized carbons (Fsp3) is 0.0909. The van der Waals surface area contributed by atoms with Gasteiger partial charge in [0.2, 0.25) is 11.6 Å². The maximum absolute atomic E-state index is 10.9. The fourth-order valence-corrected chi connectivity index (χ4v) is 1.52. The molecular formula is C11H9ClN4O3. The van der Waals surface area contributed by atoms with E-state index in [-0.39, 0.29) is 22.3 Å². The molecule has 7 nitrogen and oxygen atoms in total. The first-order chi connectivity index (χ1) is 9.10. The van der Waals surface area contributed by atoms with E-state index in [4.69, 9.17) is 16.3 Å². The maximum atomic E-state index is 10.9. The van der Waals surface area contributed by atoms with Crippen LogP contribution in [0.1, 0.15) is 0 Å². The molecule has 1 aromatic carbocycles. The van der Waals surface area contributed by atoms with Crippen molar-refractivity contribution < 1.29 is 9.66 Å². The lowest BCUT2D eigenvalue weighted by Crippen LogP contribution is -1.98. The molecule has 8 heteroatoms. The number of benzene rings is 1. The highest BCUT2D eigenvalue weighted by molar-refractivity contribution is 6.30. The summed E-state index contributed by atoms with van der Waals surface area (Å²) in [5, 5.41) is 14.0. The third kappa shape index (κ3) is 3.08. The first-order valence-electron chi connectivity index (χ1n) is 5.21. The summed E-state index contributed by atoms with van der Waals surface area (Å²) in [5.41, 5.74) is -0.232. The van der Waals surface area contributed by atoms with Crippen LogP contribution < -0.4 is 10.1 Å². The SMILES string of the molecule is CNc1cncc(Oc2ccc(Cl)cc2[N+](=O)[O-])n1. The summed E-state index contributed by atoms with van der Waals surface area (Å²) >= 11 is 5.71. The monoisotopic (exact) mass is 280 g/mol. The van der Waals surface area contributed by atoms with Gasteiger partial charge in [-0.05, 0) is 12.1 Å². The average molecular weight is 281 g/mol. The molecule has 0 fully saturated rings. The van der Waals surface area contributed by atoms with Gasteiger partial charge in [-0.3, -0.25) is 15.1 Å². The Morgan fingerprint density at radius 3 is 2.89 bits per heavy atom. The van der Waals surface area contributed by atoms with Gasteiger partial charge >= 0.3 is 5.69 Å². The maximum Gasteiger partial charge on any atom is 0.313 e. The molecule has 2 rings (SSSR count). The second-order valence-corrected chi connectivity index (χ2v) is 3.90. The van der Waals surface area contributed by atoms with Crippen molar-refractivity contribution in [3.05, 3.63) is 45.7 Å². The number of nitro benzene ring substituents is 1. The molecule has 0 bridgehead atoms. The molecule has 0 spiro atoms. The highest BCUT2D eigenvalue weighted by Crippen LogP contribution is 2.32. The van der Waals surface area contributed by atoms with Gasteiger partial charge in [-0.25, -0.2) is 0 Å². The molecule has 0 aliphatic rings. The number of halogens is 1. The van der Waals surface area contributed by atoms with Crippen LogP contribution in [0.25, 0.3) is 0 Å². The molecule has 19 heavy (non-hydrogen) atoms. The van der Waals surface area contributed by atoms with Crippen LogP contribution >= 0.6 is 11.6 Å². The second-order valence-electron chi connectivity index (χ2n) is 3.46. The number of nitro groups is 1. The standard InChI is InChI=1S/C11H9ClN4O3/c1-13-10-5-14-6-11(15-10)19-9-3-2-7(12)4-8(9)16(17)18/h2-6H,1H3,(H,13,15). The Kier molecular flexibility index (Phi) is 3.76. The van der Waals surface area contributed by atoms with Gasteiger partial charge in [0.1, 0.15) is 5.82 Å². The van der Waals surface area contributed by atoms with Crippen LogP contribution in [-0.4, -0.2) is 21.9 Å². The first kappa shape index (κ1) is 13.0. The topological polar surface area (TPSA) is 90.2 Å². The quantitative estimate of drug-likeness (QED) is 0.684. The van der Waals surface area contributed by atoms with Crippen molar-refractivity contribution in [1.82, 2.24) is 9.97 Å². The smallest absolute Gasteiger partial charge is 0.313 e. The lowest BCUT2D eigenvalue weighted by molar-refractivity contribution is -0.385. The molecular weight excluding hydrogens is 272 g/mol. The predicted octanol–water partition coefficient (Wildman–Crippen LogP) is 2.87. The van der Waals surface area contributed by atoms with Crippen molar-refractivity contribution in [3.8, 4) is 11.6 Å². The molecule has 1 aromatic heterocycles. The van der Waals surface area contributed by atoms with Crippen molar-refractivity contribution in [2.45, 2.75) is 0 Å². The molecule has 0 aliphatic carbocycles. The van der Waals surface area contributed by atoms with Crippen molar-refractivity contribution in [2.24, 2.45) is 0 Å². The summed E-state index contributed by atoms with van der Waals surface area (Å²) < 4.78 is 5.35. The summed E-state index contributed by atoms with van der Waals surface area (Å²) in [7, 11) is 1.68. The Morgan fingerprint density at radius 1 is 1.42 bits per heavy atom. The number of aromatic nitrogens is 2. The Labute approximate surface area is 113 Å². The van der Waals surface area contributed by atoms with Crippen molar-refractivity contribution in [1.29, 1.82) is 0 Å². The summed E-state index contributed by atoms with van der Waals surface area (Å²) in [4.78, 5) is 18.3. The van der Waals surface area contributed by atoms with Crippen LogP contribution in [0.4, 0.5) is 11.5 Å². The lowest BCUT2D eigenvalue weighted by Gasteiger charge is -2.06. The number of hydrogen-bond acceptors (Lipinski definition) is 6. The molecule has 0 atom stereocenters. The molecule has 1 N–H and O–H groups in total. The van der Waals surface area contributed by atoms with E-state index in [1.807, 2.05) is 0 Å². The third-order valence-electron chi connectivity index (χ3n) is 2.20. The van der Waals surface area contributed by atoms with Gasteiger partial charge in [0.05, 0.1) is 17.3 Å². The van der Waals surface area contributed by atoms with Crippen LogP contribution in [-0.2, 0) is 0 Å². The highest BCUT2D eigenvalue weighted by atomic mass is 35.5. The molecule has 0 radical (unpaired) electrons. The fourth-order valence-electron chi connectivity index (χ4n) is 1.35. The van der Waals surface area contributed by atoms with Crippen LogP contribution in [0, 0.1) is 10.1 Å². The van der Waals surface area contributed by atoms with Crippen molar-refractivity contribution in [2.75, 3.05) is 12.4 Å². The van der Waals surface area contributed by atoms with E-state index in [0.717, 1.165) is 0 Å². The zero-order chi connectivity index (χ0) is 13.8. The zero-order valence-corrected chi connectivity index (χ0v) is 10.6. The van der Waals surface area contributed by atoms with E-state index in [1.165, 1.54) is 30.6 Å². The predicted molar refractivity (Wildman–Crippen MR) is 69.8 cm³/mol. The lowest BCUT2D eigenvalue weighted by atomic mass is 10.3. The van der Waals surface area contributed by atoms with Gasteiger partial charge in [0.15, 0.2) is 0 Å². The van der Waals surface area contributed by atoms with Crippen LogP contribution in [0.5, 0.6) is 11.6 Å². The largest absolute Gasteiger partial charge is 0.430 e. The van der Waals surface area contributed by atoms with E-state index in [2.05, 4.69) is 15.3 Å². The third-order valence-corrected chi connectivity index (χ3v) is 2.44. The zero-order valence-electron chi connectivity index (χ0n) is 9.83. The number of anilines is 1. The van der Waals surface area contributed by atoms with Gasteiger partial charge in [-0.2, -0.15) is 4.98 Å². The van der Waals surface area contributed by atoms with E-state index in [0.29, 0.717) is 5.82 Å². The van der Waals surface area contributed by atoms with E-state index in [9.17, 15) is 10.1 Å². The summed E-state index contributed by atoms with van der Waals surface area (Å²) in [6, 6.07) is 4.12. The minimum atomic E-state index is -0.573. The van der Waals surface area contributed by atoms with Gasteiger partial charge in [-0.1, -0.05) is 11.6 Å². The van der Waals surface area contributed by atoms with Gasteiger partial charge in [0, 0.05) is 18.1 Å². The van der Waals surface area contributed by atoms with E-state index in [1.54, 1.807) is 7.05 Å². The van der Waals surface area contributed by atoms with Gasteiger partial charge in [-0.15, -0.1) is 0 Å². The summed E-state index contributed by atoms with van der Waals surface area (Å²) in [6.07, 6.45) is 2.86. The average Bonchev–Trinajstić information content (AvgIpc) is 2.41. The molecule has 0 aliphatic heterocycles. The molecule has 0 unspecified atom stereocenters. The molecule has 2 aromatic rings. The van der Waals surface area contributed by atoms with Crippen molar-refractivity contribution in [3.63, 3.8) is 0 Å². The minimum Gasteiger partial charge on any atom is -0.430 e. The number of ether oxygens (including phenoxy) is 1. The highest BCUT2D eigenvalue weighted by Gasteiger charge is 2.17. The van der Waals surface area contributed by atoms with Gasteiger partial charge in [0.25, 0.3) is 0 Å². The Hall–Kier alpha value is -2.41. The van der Waals surface area contributed by atoms with Crippen LogP contribution in [0.3, 0.4) is 0 Å². The normalized spacial score (nSPS) is 10.0. The molecule has 98 valence electrons. The molecule has 0 saturated carbocycles. The van der Waals surface area contributed by atoms with E-state index < -0.39 is 4.92 Å². The first-order valence-corrected chi connectivity index (χ1v) is 5.59. The Balaban J connectivity index is 2.34. The Bertz CT molecular complexity index is 621. The summed E-state index contributed by atoms with van der Waals surface area (Å²) in [6.45, 7) is 0. The molecule has 0 saturated heterocycles. The summed E-state index contributed by atoms with van der Waals surface area (Å²) in [5.74, 6) is 0.698. The molecule has 0 amide bonds. The minimum absolute atomic E-state index is 0.0527. The number of rotatable bonds is 4.